The molecule has 2 atom stereocenters. The zero-order valence-corrected chi connectivity index (χ0v) is 10.1. The van der Waals surface area contributed by atoms with Crippen molar-refractivity contribution in [2.75, 3.05) is 0 Å². The molecule has 0 heterocycles. The van der Waals surface area contributed by atoms with Gasteiger partial charge >= 0.3 is 0 Å². The topological polar surface area (TPSA) is 43.1 Å². The second-order valence-corrected chi connectivity index (χ2v) is 5.25. The quantitative estimate of drug-likeness (QED) is 0.779. The van der Waals surface area contributed by atoms with Crippen LogP contribution in [0, 0.1) is 5.92 Å². The molecule has 0 aromatic heterocycles. The van der Waals surface area contributed by atoms with E-state index < -0.39 is 0 Å². The zero-order valence-electron chi connectivity index (χ0n) is 10.1. The van der Waals surface area contributed by atoms with Crippen molar-refractivity contribution in [1.82, 2.24) is 0 Å². The standard InChI is InChI=1S/C14H23NO/c15-13-10-6-5-9-12(13)14(16)11-7-3-1-2-4-8-11/h7,12-13H,1-6,8-10,15H2. The van der Waals surface area contributed by atoms with E-state index in [-0.39, 0.29) is 12.0 Å². The van der Waals surface area contributed by atoms with E-state index in [1.807, 2.05) is 0 Å². The third-order valence-corrected chi connectivity index (χ3v) is 4.01. The molecule has 2 nitrogen and oxygen atoms in total. The van der Waals surface area contributed by atoms with E-state index in [0.29, 0.717) is 5.78 Å². The molecule has 1 saturated carbocycles. The van der Waals surface area contributed by atoms with Crippen LogP contribution in [-0.4, -0.2) is 11.8 Å². The number of hydrogen-bond acceptors (Lipinski definition) is 2. The average molecular weight is 221 g/mol. The third kappa shape index (κ3) is 2.73. The molecule has 2 N–H and O–H groups in total. The highest BCUT2D eigenvalue weighted by Gasteiger charge is 2.29. The Balaban J connectivity index is 2.02. The van der Waals surface area contributed by atoms with Crippen LogP contribution in [0.2, 0.25) is 0 Å². The summed E-state index contributed by atoms with van der Waals surface area (Å²) < 4.78 is 0. The van der Waals surface area contributed by atoms with E-state index in [1.54, 1.807) is 0 Å². The lowest BCUT2D eigenvalue weighted by atomic mass is 9.79. The van der Waals surface area contributed by atoms with Gasteiger partial charge in [-0.2, -0.15) is 0 Å². The minimum absolute atomic E-state index is 0.116. The van der Waals surface area contributed by atoms with Crippen LogP contribution in [0.15, 0.2) is 11.6 Å². The monoisotopic (exact) mass is 221 g/mol. The smallest absolute Gasteiger partial charge is 0.163 e. The number of carbonyl (C=O) groups is 1. The Morgan fingerprint density at radius 2 is 1.94 bits per heavy atom. The van der Waals surface area contributed by atoms with Gasteiger partial charge in [0.15, 0.2) is 5.78 Å². The van der Waals surface area contributed by atoms with Gasteiger partial charge < -0.3 is 5.73 Å². The van der Waals surface area contributed by atoms with Crippen LogP contribution in [-0.2, 0) is 4.79 Å². The van der Waals surface area contributed by atoms with Crippen molar-refractivity contribution in [2.45, 2.75) is 63.8 Å². The minimum atomic E-state index is 0.116. The number of carbonyl (C=O) groups excluding carboxylic acids is 1. The molecule has 0 amide bonds. The Morgan fingerprint density at radius 1 is 1.12 bits per heavy atom. The Kier molecular flexibility index (Phi) is 4.16. The second-order valence-electron chi connectivity index (χ2n) is 5.25. The normalized spacial score (nSPS) is 31.7. The minimum Gasteiger partial charge on any atom is -0.327 e. The molecule has 0 radical (unpaired) electrons. The summed E-state index contributed by atoms with van der Waals surface area (Å²) in [6.07, 6.45) is 12.4. The molecule has 2 aliphatic rings. The largest absolute Gasteiger partial charge is 0.327 e. The van der Waals surface area contributed by atoms with E-state index in [2.05, 4.69) is 6.08 Å². The highest BCUT2D eigenvalue weighted by molar-refractivity contribution is 5.97. The number of rotatable bonds is 2. The lowest BCUT2D eigenvalue weighted by molar-refractivity contribution is -0.120. The summed E-state index contributed by atoms with van der Waals surface area (Å²) in [5, 5.41) is 0. The fourth-order valence-electron chi connectivity index (χ4n) is 2.96. The Bertz CT molecular complexity index is 282. The fourth-order valence-corrected chi connectivity index (χ4v) is 2.96. The van der Waals surface area contributed by atoms with Gasteiger partial charge in [-0.15, -0.1) is 0 Å². The third-order valence-electron chi connectivity index (χ3n) is 4.01. The predicted octanol–water partition coefficient (Wildman–Crippen LogP) is 2.96. The maximum Gasteiger partial charge on any atom is 0.163 e. The van der Waals surface area contributed by atoms with Crippen molar-refractivity contribution in [3.8, 4) is 0 Å². The van der Waals surface area contributed by atoms with Gasteiger partial charge in [-0.1, -0.05) is 25.3 Å². The van der Waals surface area contributed by atoms with Crippen LogP contribution in [0.1, 0.15) is 57.8 Å². The van der Waals surface area contributed by atoms with Gasteiger partial charge in [0, 0.05) is 12.0 Å². The molecule has 2 aliphatic carbocycles. The van der Waals surface area contributed by atoms with Crippen molar-refractivity contribution in [1.29, 1.82) is 0 Å². The van der Waals surface area contributed by atoms with Crippen molar-refractivity contribution in [3.63, 3.8) is 0 Å². The van der Waals surface area contributed by atoms with Gasteiger partial charge in [-0.25, -0.2) is 0 Å². The molecule has 0 saturated heterocycles. The van der Waals surface area contributed by atoms with Crippen molar-refractivity contribution >= 4 is 5.78 Å². The Hall–Kier alpha value is -0.630. The first kappa shape index (κ1) is 11.8. The molecule has 0 aliphatic heterocycles. The van der Waals surface area contributed by atoms with Gasteiger partial charge in [-0.05, 0) is 44.1 Å². The lowest BCUT2D eigenvalue weighted by Crippen LogP contribution is -2.38. The van der Waals surface area contributed by atoms with Crippen LogP contribution >= 0.6 is 0 Å². The zero-order chi connectivity index (χ0) is 11.4. The van der Waals surface area contributed by atoms with Gasteiger partial charge in [0.1, 0.15) is 0 Å². The maximum atomic E-state index is 12.4. The summed E-state index contributed by atoms with van der Waals surface area (Å²) >= 11 is 0. The molecule has 0 spiro atoms. The molecule has 90 valence electrons. The molecule has 0 aromatic rings. The van der Waals surface area contributed by atoms with E-state index in [4.69, 9.17) is 5.73 Å². The van der Waals surface area contributed by atoms with Crippen LogP contribution < -0.4 is 5.73 Å². The van der Waals surface area contributed by atoms with E-state index in [0.717, 1.165) is 31.3 Å². The number of nitrogens with two attached hydrogens (primary N) is 1. The number of ketones is 1. The first-order valence-electron chi connectivity index (χ1n) is 6.78. The molecular formula is C14H23NO. The van der Waals surface area contributed by atoms with Crippen LogP contribution in [0.5, 0.6) is 0 Å². The van der Waals surface area contributed by atoms with Gasteiger partial charge in [-0.3, -0.25) is 4.79 Å². The molecular weight excluding hydrogens is 198 g/mol. The summed E-state index contributed by atoms with van der Waals surface area (Å²) in [5.74, 6) is 0.493. The number of allylic oxidation sites excluding steroid dienone is 2. The molecule has 0 aromatic carbocycles. The second kappa shape index (κ2) is 5.62. The summed E-state index contributed by atoms with van der Waals surface area (Å²) in [6, 6.07) is 0.116. The summed E-state index contributed by atoms with van der Waals surface area (Å²) in [6.45, 7) is 0. The first-order valence-corrected chi connectivity index (χ1v) is 6.78. The summed E-state index contributed by atoms with van der Waals surface area (Å²) in [4.78, 5) is 12.4. The number of hydrogen-bond donors (Lipinski definition) is 1. The van der Waals surface area contributed by atoms with Crippen molar-refractivity contribution < 1.29 is 4.79 Å². The molecule has 16 heavy (non-hydrogen) atoms. The Labute approximate surface area is 98.3 Å². The molecule has 2 rings (SSSR count). The van der Waals surface area contributed by atoms with Gasteiger partial charge in [0.25, 0.3) is 0 Å². The fraction of sp³-hybridized carbons (Fsp3) is 0.786. The molecule has 1 fully saturated rings. The van der Waals surface area contributed by atoms with E-state index in [9.17, 15) is 4.79 Å². The van der Waals surface area contributed by atoms with Gasteiger partial charge in [0.2, 0.25) is 0 Å². The number of Topliss-reactive ketones (excluding diaryl/α,β-unsaturated/α-hetero) is 1. The lowest BCUT2D eigenvalue weighted by Gasteiger charge is -2.28. The SMILES string of the molecule is NC1CCCCC1C(=O)C1=CCCCCC1. The van der Waals surface area contributed by atoms with Crippen molar-refractivity contribution in [2.24, 2.45) is 11.7 Å². The van der Waals surface area contributed by atoms with Crippen molar-refractivity contribution in [3.05, 3.63) is 11.6 Å². The first-order chi connectivity index (χ1) is 7.79. The van der Waals surface area contributed by atoms with Crippen LogP contribution in [0.3, 0.4) is 0 Å². The average Bonchev–Trinajstić information content (AvgIpc) is 2.57. The highest BCUT2D eigenvalue weighted by atomic mass is 16.1. The van der Waals surface area contributed by atoms with Gasteiger partial charge in [0.05, 0.1) is 0 Å². The van der Waals surface area contributed by atoms with Crippen LogP contribution in [0.25, 0.3) is 0 Å². The Morgan fingerprint density at radius 3 is 2.75 bits per heavy atom. The summed E-state index contributed by atoms with van der Waals surface area (Å²) in [5.41, 5.74) is 7.16. The van der Waals surface area contributed by atoms with Crippen LogP contribution in [0.4, 0.5) is 0 Å². The molecule has 0 bridgehead atoms. The van der Waals surface area contributed by atoms with E-state index >= 15 is 0 Å². The molecule has 2 heteroatoms. The molecule has 2 unspecified atom stereocenters. The highest BCUT2D eigenvalue weighted by Crippen LogP contribution is 2.28. The predicted molar refractivity (Wildman–Crippen MR) is 66.1 cm³/mol. The summed E-state index contributed by atoms with van der Waals surface area (Å²) in [7, 11) is 0. The maximum absolute atomic E-state index is 12.4. The van der Waals surface area contributed by atoms with E-state index in [1.165, 1.54) is 32.1 Å².